The molecule has 9 heteroatoms. The number of aromatic nitrogens is 1. The highest BCUT2D eigenvalue weighted by Gasteiger charge is 2.29. The maximum atomic E-state index is 13.2. The van der Waals surface area contributed by atoms with Gasteiger partial charge in [0.15, 0.2) is 0 Å². The van der Waals surface area contributed by atoms with Gasteiger partial charge in [-0.05, 0) is 22.0 Å². The standard InChI is InChI=1S/C8H6BrFN2O2.C7H5F3/c9-4-1-5(7(10)11-2-4)6-3-14-8(13)12-6;8-7(9,10)6-4-2-1-3-5-6/h1-2,6H,3H2,(H,12,13);1-5H/t6-;/m0./s1. The van der Waals surface area contributed by atoms with Crippen LogP contribution in [0.3, 0.4) is 0 Å². The number of carbonyl (C=O) groups excluding carboxylic acids is 1. The van der Waals surface area contributed by atoms with Gasteiger partial charge in [0.1, 0.15) is 6.61 Å². The monoisotopic (exact) mass is 406 g/mol. The molecule has 1 atom stereocenters. The number of nitrogens with zero attached hydrogens (tertiary/aromatic N) is 1. The number of cyclic esters (lactones) is 1. The maximum Gasteiger partial charge on any atom is 0.416 e. The number of alkyl carbamates (subject to hydrolysis) is 1. The Balaban J connectivity index is 0.000000185. The summed E-state index contributed by atoms with van der Waals surface area (Å²) in [7, 11) is 0. The van der Waals surface area contributed by atoms with Gasteiger partial charge >= 0.3 is 12.3 Å². The van der Waals surface area contributed by atoms with E-state index in [1.165, 1.54) is 18.3 Å². The van der Waals surface area contributed by atoms with Crippen LogP contribution in [-0.2, 0) is 10.9 Å². The van der Waals surface area contributed by atoms with Gasteiger partial charge in [0.05, 0.1) is 11.6 Å². The number of halogens is 5. The van der Waals surface area contributed by atoms with Gasteiger partial charge in [0.2, 0.25) is 5.95 Å². The van der Waals surface area contributed by atoms with Crippen molar-refractivity contribution in [3.8, 4) is 0 Å². The Morgan fingerprint density at radius 3 is 2.42 bits per heavy atom. The lowest BCUT2D eigenvalue weighted by Crippen LogP contribution is -2.19. The van der Waals surface area contributed by atoms with Crippen LogP contribution in [0.1, 0.15) is 17.2 Å². The van der Waals surface area contributed by atoms with Crippen molar-refractivity contribution in [2.75, 3.05) is 6.61 Å². The molecule has 1 aromatic carbocycles. The van der Waals surface area contributed by atoms with Gasteiger partial charge < -0.3 is 10.1 Å². The minimum atomic E-state index is -4.21. The normalized spacial score (nSPS) is 16.7. The van der Waals surface area contributed by atoms with E-state index in [9.17, 15) is 22.4 Å². The molecule has 1 amide bonds. The third kappa shape index (κ3) is 4.92. The summed E-state index contributed by atoms with van der Waals surface area (Å²) in [6, 6.07) is 7.48. The second-order valence-electron chi connectivity index (χ2n) is 4.69. The van der Waals surface area contributed by atoms with Gasteiger partial charge in [0, 0.05) is 16.2 Å². The van der Waals surface area contributed by atoms with Crippen LogP contribution in [0, 0.1) is 5.95 Å². The molecular formula is C15H11BrF4N2O2. The van der Waals surface area contributed by atoms with Crippen molar-refractivity contribution in [3.05, 3.63) is 64.1 Å². The van der Waals surface area contributed by atoms with E-state index in [0.717, 1.165) is 12.1 Å². The molecule has 3 rings (SSSR count). The smallest absolute Gasteiger partial charge is 0.416 e. The predicted octanol–water partition coefficient (Wildman–Crippen LogP) is 4.47. The highest BCUT2D eigenvalue weighted by atomic mass is 79.9. The van der Waals surface area contributed by atoms with Gasteiger partial charge in [-0.2, -0.15) is 17.6 Å². The summed E-state index contributed by atoms with van der Waals surface area (Å²) >= 11 is 3.18. The minimum Gasteiger partial charge on any atom is -0.447 e. The number of benzene rings is 1. The molecular weight excluding hydrogens is 396 g/mol. The van der Waals surface area contributed by atoms with Crippen molar-refractivity contribution in [1.29, 1.82) is 0 Å². The third-order valence-electron chi connectivity index (χ3n) is 2.98. The molecule has 0 saturated carbocycles. The molecule has 0 radical (unpaired) electrons. The van der Waals surface area contributed by atoms with Crippen LogP contribution in [0.5, 0.6) is 0 Å². The Kier molecular flexibility index (Phi) is 5.76. The second kappa shape index (κ2) is 7.61. The Morgan fingerprint density at radius 2 is 1.92 bits per heavy atom. The average Bonchev–Trinajstić information content (AvgIpc) is 2.97. The average molecular weight is 407 g/mol. The third-order valence-corrected chi connectivity index (χ3v) is 3.42. The number of alkyl halides is 3. The van der Waals surface area contributed by atoms with E-state index in [1.54, 1.807) is 12.1 Å². The summed E-state index contributed by atoms with van der Waals surface area (Å²) in [6.45, 7) is 0.133. The van der Waals surface area contributed by atoms with Gasteiger partial charge in [-0.25, -0.2) is 9.78 Å². The fourth-order valence-electron chi connectivity index (χ4n) is 1.86. The molecule has 1 N–H and O–H groups in total. The summed E-state index contributed by atoms with van der Waals surface area (Å²) < 4.78 is 53.9. The van der Waals surface area contributed by atoms with Crippen molar-refractivity contribution >= 4 is 22.0 Å². The van der Waals surface area contributed by atoms with Crippen LogP contribution in [0.15, 0.2) is 47.1 Å². The van der Waals surface area contributed by atoms with E-state index < -0.39 is 29.8 Å². The van der Waals surface area contributed by atoms with E-state index in [2.05, 4.69) is 31.0 Å². The number of carbonyl (C=O) groups is 1. The lowest BCUT2D eigenvalue weighted by molar-refractivity contribution is -0.137. The van der Waals surface area contributed by atoms with Crippen molar-refractivity contribution < 1.29 is 27.1 Å². The summed E-state index contributed by atoms with van der Waals surface area (Å²) in [5.41, 5.74) is -0.278. The Hall–Kier alpha value is -2.16. The predicted molar refractivity (Wildman–Crippen MR) is 80.6 cm³/mol. The molecule has 0 spiro atoms. The van der Waals surface area contributed by atoms with Crippen molar-refractivity contribution in [2.45, 2.75) is 12.2 Å². The SMILES string of the molecule is FC(F)(F)c1ccccc1.O=C1N[C@H](c2cc(Br)cnc2F)CO1. The van der Waals surface area contributed by atoms with Gasteiger partial charge in [-0.15, -0.1) is 0 Å². The fourth-order valence-corrected chi connectivity index (χ4v) is 2.21. The lowest BCUT2D eigenvalue weighted by atomic mass is 10.1. The van der Waals surface area contributed by atoms with Crippen LogP contribution < -0.4 is 5.32 Å². The Morgan fingerprint density at radius 1 is 1.25 bits per heavy atom. The zero-order chi connectivity index (χ0) is 17.7. The van der Waals surface area contributed by atoms with Gasteiger partial charge in [0.25, 0.3) is 0 Å². The van der Waals surface area contributed by atoms with Gasteiger partial charge in [-0.3, -0.25) is 0 Å². The molecule has 1 fully saturated rings. The van der Waals surface area contributed by atoms with E-state index >= 15 is 0 Å². The molecule has 0 bridgehead atoms. The van der Waals surface area contributed by atoms with E-state index in [0.29, 0.717) is 10.0 Å². The number of hydrogen-bond acceptors (Lipinski definition) is 3. The molecule has 24 heavy (non-hydrogen) atoms. The highest BCUT2D eigenvalue weighted by molar-refractivity contribution is 9.10. The van der Waals surface area contributed by atoms with Crippen LogP contribution in [0.4, 0.5) is 22.4 Å². The van der Waals surface area contributed by atoms with Crippen LogP contribution in [0.25, 0.3) is 0 Å². The molecule has 128 valence electrons. The maximum absolute atomic E-state index is 13.2. The first-order valence-corrected chi connectivity index (χ1v) is 7.43. The topological polar surface area (TPSA) is 51.2 Å². The van der Waals surface area contributed by atoms with Crippen LogP contribution >= 0.6 is 15.9 Å². The zero-order valence-electron chi connectivity index (χ0n) is 12.0. The lowest BCUT2D eigenvalue weighted by Gasteiger charge is -2.07. The quantitative estimate of drug-likeness (QED) is 0.561. The molecule has 0 aliphatic carbocycles. The number of ether oxygens (including phenoxy) is 1. The molecule has 4 nitrogen and oxygen atoms in total. The largest absolute Gasteiger partial charge is 0.447 e. The molecule has 2 aromatic rings. The molecule has 1 aliphatic heterocycles. The number of pyridine rings is 1. The van der Waals surface area contributed by atoms with E-state index in [1.807, 2.05) is 0 Å². The van der Waals surface area contributed by atoms with E-state index in [-0.39, 0.29) is 6.61 Å². The molecule has 2 heterocycles. The summed E-state index contributed by atoms with van der Waals surface area (Å²) in [6.07, 6.45) is -3.38. The number of hydrogen-bond donors (Lipinski definition) is 1. The van der Waals surface area contributed by atoms with Crippen LogP contribution in [-0.4, -0.2) is 17.7 Å². The summed E-state index contributed by atoms with van der Waals surface area (Å²) in [4.78, 5) is 14.3. The second-order valence-corrected chi connectivity index (χ2v) is 5.61. The molecule has 1 aromatic heterocycles. The first-order chi connectivity index (χ1) is 11.3. The first kappa shape index (κ1) is 18.2. The summed E-state index contributed by atoms with van der Waals surface area (Å²) in [5.74, 6) is -0.594. The van der Waals surface area contributed by atoms with Gasteiger partial charge in [-0.1, -0.05) is 30.3 Å². The van der Waals surface area contributed by atoms with Crippen LogP contribution in [0.2, 0.25) is 0 Å². The molecule has 1 saturated heterocycles. The Bertz CT molecular complexity index is 710. The first-order valence-electron chi connectivity index (χ1n) is 6.64. The molecule has 1 aliphatic rings. The fraction of sp³-hybridized carbons (Fsp3) is 0.200. The highest BCUT2D eigenvalue weighted by Crippen LogP contribution is 2.28. The number of nitrogens with one attached hydrogen (secondary N) is 1. The number of amides is 1. The van der Waals surface area contributed by atoms with Crippen molar-refractivity contribution in [3.63, 3.8) is 0 Å². The Labute approximate surface area is 143 Å². The van der Waals surface area contributed by atoms with E-state index in [4.69, 9.17) is 0 Å². The zero-order valence-corrected chi connectivity index (χ0v) is 13.6. The summed E-state index contributed by atoms with van der Waals surface area (Å²) in [5, 5.41) is 2.48. The van der Waals surface area contributed by atoms with Crippen molar-refractivity contribution in [1.82, 2.24) is 10.3 Å². The molecule has 0 unspecified atom stereocenters. The number of rotatable bonds is 1. The minimum absolute atomic E-state index is 0.133. The van der Waals surface area contributed by atoms with Crippen molar-refractivity contribution in [2.24, 2.45) is 0 Å².